The van der Waals surface area contributed by atoms with Gasteiger partial charge in [-0.3, -0.25) is 0 Å². The maximum Gasteiger partial charge on any atom is 0.363 e. The second-order valence-corrected chi connectivity index (χ2v) is 2.82. The van der Waals surface area contributed by atoms with Crippen molar-refractivity contribution < 1.29 is 9.26 Å². The Morgan fingerprint density at radius 2 is 2.20 bits per heavy atom. The molecule has 1 aromatic heterocycles. The molecule has 6 nitrogen and oxygen atoms in total. The number of methoxy groups -OCH3 is 1. The van der Waals surface area contributed by atoms with Crippen LogP contribution >= 0.6 is 0 Å². The predicted octanol–water partition coefficient (Wildman–Crippen LogP) is 0.247. The van der Waals surface area contributed by atoms with Crippen LogP contribution in [-0.2, 0) is 0 Å². The summed E-state index contributed by atoms with van der Waals surface area (Å²) in [6, 6.07) is 6.90. The molecule has 0 saturated heterocycles. The minimum Gasteiger partial charge on any atom is -0.495 e. The average Bonchev–Trinajstić information content (AvgIpc) is 2.59. The highest BCUT2D eigenvalue weighted by atomic mass is 16.5. The van der Waals surface area contributed by atoms with Crippen LogP contribution in [-0.4, -0.2) is 16.8 Å². The Balaban J connectivity index is 2.74. The third kappa shape index (κ3) is 1.45. The van der Waals surface area contributed by atoms with Gasteiger partial charge in [-0.15, -0.1) is 0 Å². The van der Waals surface area contributed by atoms with Gasteiger partial charge in [0.1, 0.15) is 5.75 Å². The monoisotopic (exact) mass is 207 g/mol. The highest BCUT2D eigenvalue weighted by Gasteiger charge is 2.09. The van der Waals surface area contributed by atoms with Gasteiger partial charge in [-0.05, 0) is 12.1 Å². The Labute approximate surface area is 84.2 Å². The van der Waals surface area contributed by atoms with Crippen molar-refractivity contribution in [2.45, 2.75) is 0 Å². The van der Waals surface area contributed by atoms with E-state index in [1.807, 2.05) is 0 Å². The fourth-order valence-electron chi connectivity index (χ4n) is 1.31. The molecule has 0 aliphatic rings. The number of hydrogen-bond donors (Lipinski definition) is 2. The van der Waals surface area contributed by atoms with Crippen molar-refractivity contribution in [2.24, 2.45) is 0 Å². The van der Waals surface area contributed by atoms with E-state index in [1.54, 1.807) is 24.3 Å². The zero-order valence-corrected chi connectivity index (χ0v) is 7.98. The minimum absolute atomic E-state index is 0.274. The van der Waals surface area contributed by atoms with Gasteiger partial charge in [-0.25, -0.2) is 14.8 Å². The van der Waals surface area contributed by atoms with E-state index in [0.29, 0.717) is 11.4 Å². The van der Waals surface area contributed by atoms with Crippen molar-refractivity contribution in [3.05, 3.63) is 40.4 Å². The van der Waals surface area contributed by atoms with Crippen LogP contribution in [0.25, 0.3) is 5.69 Å². The van der Waals surface area contributed by atoms with Crippen LogP contribution in [0, 0.1) is 5.41 Å². The number of H-pyrrole nitrogens is 1. The van der Waals surface area contributed by atoms with Crippen molar-refractivity contribution in [2.75, 3.05) is 7.11 Å². The molecule has 78 valence electrons. The lowest BCUT2D eigenvalue weighted by Crippen LogP contribution is -2.24. The maximum absolute atomic E-state index is 11.3. The molecule has 2 rings (SSSR count). The molecule has 0 aliphatic heterocycles. The lowest BCUT2D eigenvalue weighted by molar-refractivity contribution is 0.360. The van der Waals surface area contributed by atoms with E-state index in [9.17, 15) is 4.79 Å². The van der Waals surface area contributed by atoms with Gasteiger partial charge < -0.3 is 9.26 Å². The zero-order valence-electron chi connectivity index (χ0n) is 7.98. The molecule has 0 unspecified atom stereocenters. The molecule has 0 fully saturated rings. The molecular weight excluding hydrogens is 198 g/mol. The summed E-state index contributed by atoms with van der Waals surface area (Å²) in [6.07, 6.45) is 0. The Kier molecular flexibility index (Phi) is 2.17. The number of aromatic amines is 1. The first kappa shape index (κ1) is 9.32. The lowest BCUT2D eigenvalue weighted by atomic mass is 10.3. The molecule has 6 heteroatoms. The Morgan fingerprint density at radius 1 is 1.47 bits per heavy atom. The van der Waals surface area contributed by atoms with Crippen LogP contribution in [0.1, 0.15) is 0 Å². The van der Waals surface area contributed by atoms with Crippen molar-refractivity contribution in [1.29, 1.82) is 5.41 Å². The van der Waals surface area contributed by atoms with Gasteiger partial charge in [-0.2, -0.15) is 5.16 Å². The molecule has 1 heterocycles. The van der Waals surface area contributed by atoms with E-state index in [1.165, 1.54) is 7.11 Å². The van der Waals surface area contributed by atoms with Crippen LogP contribution in [0.4, 0.5) is 0 Å². The largest absolute Gasteiger partial charge is 0.495 e. The summed E-state index contributed by atoms with van der Waals surface area (Å²) in [4.78, 5) is 11.3. The molecule has 2 aromatic rings. The highest BCUT2D eigenvalue weighted by Crippen LogP contribution is 2.18. The summed E-state index contributed by atoms with van der Waals surface area (Å²) in [5.41, 5.74) is -0.311. The first-order chi connectivity index (χ1) is 7.24. The normalized spacial score (nSPS) is 10.2. The maximum atomic E-state index is 11.3. The van der Waals surface area contributed by atoms with Crippen LogP contribution in [0.3, 0.4) is 0 Å². The van der Waals surface area contributed by atoms with Gasteiger partial charge in [0.2, 0.25) is 0 Å². The third-order valence-electron chi connectivity index (χ3n) is 1.97. The van der Waals surface area contributed by atoms with E-state index in [-0.39, 0.29) is 5.68 Å². The fourth-order valence-corrected chi connectivity index (χ4v) is 1.31. The molecule has 0 saturated carbocycles. The van der Waals surface area contributed by atoms with E-state index in [0.717, 1.165) is 4.57 Å². The summed E-state index contributed by atoms with van der Waals surface area (Å²) in [7, 11) is 1.50. The average molecular weight is 207 g/mol. The standard InChI is InChI=1S/C9H9N3O3/c1-14-7-5-3-2-4-6(7)12-8(10)15-11-9(12)13/h2-5,10H,1H3,(H,11,13). The van der Waals surface area contributed by atoms with Crippen LogP contribution in [0.2, 0.25) is 0 Å². The van der Waals surface area contributed by atoms with Gasteiger partial charge in [-0.1, -0.05) is 12.1 Å². The minimum atomic E-state index is -0.510. The van der Waals surface area contributed by atoms with Gasteiger partial charge in [0.25, 0.3) is 0 Å². The van der Waals surface area contributed by atoms with Gasteiger partial charge >= 0.3 is 11.4 Å². The van der Waals surface area contributed by atoms with Gasteiger partial charge in [0.05, 0.1) is 12.8 Å². The molecule has 0 bridgehead atoms. The van der Waals surface area contributed by atoms with Crippen LogP contribution in [0.5, 0.6) is 5.75 Å². The number of nitrogens with one attached hydrogen (secondary N) is 2. The Morgan fingerprint density at radius 3 is 2.80 bits per heavy atom. The number of hydrogen-bond acceptors (Lipinski definition) is 4. The molecule has 1 aromatic carbocycles. The Hall–Kier alpha value is -2.24. The smallest absolute Gasteiger partial charge is 0.363 e. The SMILES string of the molecule is COc1ccccc1-n1c(=O)[nH]oc1=N. The van der Waals surface area contributed by atoms with Gasteiger partial charge in [0.15, 0.2) is 0 Å². The second-order valence-electron chi connectivity index (χ2n) is 2.82. The predicted molar refractivity (Wildman–Crippen MR) is 51.1 cm³/mol. The molecule has 15 heavy (non-hydrogen) atoms. The molecule has 0 radical (unpaired) electrons. The first-order valence-corrected chi connectivity index (χ1v) is 4.22. The summed E-state index contributed by atoms with van der Waals surface area (Å²) in [6.45, 7) is 0. The fraction of sp³-hybridized carbons (Fsp3) is 0.111. The number of ether oxygens (including phenoxy) is 1. The number of rotatable bonds is 2. The molecule has 0 atom stereocenters. The lowest BCUT2D eigenvalue weighted by Gasteiger charge is -2.05. The number of aromatic nitrogens is 2. The molecule has 2 N–H and O–H groups in total. The topological polar surface area (TPSA) is 84.0 Å². The quantitative estimate of drug-likeness (QED) is 0.740. The zero-order chi connectivity index (χ0) is 10.8. The first-order valence-electron chi connectivity index (χ1n) is 4.22. The van der Waals surface area contributed by atoms with E-state index < -0.39 is 5.69 Å². The molecule has 0 aliphatic carbocycles. The van der Waals surface area contributed by atoms with Crippen molar-refractivity contribution >= 4 is 0 Å². The number of benzene rings is 1. The van der Waals surface area contributed by atoms with Crippen molar-refractivity contribution in [1.82, 2.24) is 9.72 Å². The Bertz CT molecular complexity index is 551. The molecule has 0 amide bonds. The summed E-state index contributed by atoms with van der Waals surface area (Å²) < 4.78 is 10.7. The number of nitrogens with zero attached hydrogens (tertiary/aromatic N) is 1. The van der Waals surface area contributed by atoms with E-state index >= 15 is 0 Å². The van der Waals surface area contributed by atoms with E-state index in [4.69, 9.17) is 10.1 Å². The highest BCUT2D eigenvalue weighted by molar-refractivity contribution is 5.45. The molecule has 0 spiro atoms. The van der Waals surface area contributed by atoms with E-state index in [2.05, 4.69) is 9.68 Å². The van der Waals surface area contributed by atoms with Gasteiger partial charge in [0, 0.05) is 0 Å². The summed E-state index contributed by atoms with van der Waals surface area (Å²) in [5.74, 6) is 0.503. The van der Waals surface area contributed by atoms with Crippen LogP contribution < -0.4 is 16.1 Å². The second kappa shape index (κ2) is 3.49. The van der Waals surface area contributed by atoms with Crippen molar-refractivity contribution in [3.63, 3.8) is 0 Å². The number of para-hydroxylation sites is 2. The summed E-state index contributed by atoms with van der Waals surface area (Å²) >= 11 is 0. The van der Waals surface area contributed by atoms with Crippen molar-refractivity contribution in [3.8, 4) is 11.4 Å². The molecular formula is C9H9N3O3. The van der Waals surface area contributed by atoms with Crippen LogP contribution in [0.15, 0.2) is 33.6 Å². The third-order valence-corrected chi connectivity index (χ3v) is 1.97. The summed E-state index contributed by atoms with van der Waals surface area (Å²) in [5, 5.41) is 9.49.